The lowest BCUT2D eigenvalue weighted by Gasteiger charge is -2.23. The normalized spacial score (nSPS) is 16.2. The predicted molar refractivity (Wildman–Crippen MR) is 129 cm³/mol. The summed E-state index contributed by atoms with van der Waals surface area (Å²) >= 11 is 3.40. The Balaban J connectivity index is 1.29. The van der Waals surface area contributed by atoms with E-state index in [4.69, 9.17) is 4.98 Å². The van der Waals surface area contributed by atoms with Gasteiger partial charge in [0.25, 0.3) is 5.56 Å². The summed E-state index contributed by atoms with van der Waals surface area (Å²) in [7, 11) is 0. The summed E-state index contributed by atoms with van der Waals surface area (Å²) in [5, 5.41) is 7.79. The van der Waals surface area contributed by atoms with Gasteiger partial charge >= 0.3 is 0 Å². The van der Waals surface area contributed by atoms with E-state index in [1.165, 1.54) is 10.4 Å². The number of hydrogen-bond acceptors (Lipinski definition) is 6. The molecule has 0 radical (unpaired) electrons. The van der Waals surface area contributed by atoms with Crippen LogP contribution in [0.1, 0.15) is 35.7 Å². The van der Waals surface area contributed by atoms with Gasteiger partial charge in [-0.15, -0.1) is 22.7 Å². The van der Waals surface area contributed by atoms with Crippen molar-refractivity contribution < 1.29 is 0 Å². The number of nitrogens with one attached hydrogen (secondary N) is 1. The first-order valence-corrected chi connectivity index (χ1v) is 12.5. The summed E-state index contributed by atoms with van der Waals surface area (Å²) in [6.07, 6.45) is 4.64. The fourth-order valence-electron chi connectivity index (χ4n) is 4.26. The fourth-order valence-corrected chi connectivity index (χ4v) is 6.28. The number of aromatic nitrogens is 3. The maximum atomic E-state index is 13.0. The van der Waals surface area contributed by atoms with E-state index in [1.54, 1.807) is 33.6 Å². The zero-order chi connectivity index (χ0) is 21.4. The second-order valence-electron chi connectivity index (χ2n) is 8.59. The van der Waals surface area contributed by atoms with E-state index in [0.717, 1.165) is 58.8 Å². The van der Waals surface area contributed by atoms with Crippen LogP contribution in [0.5, 0.6) is 0 Å². The smallest absolute Gasteiger partial charge is 0.262 e. The number of fused-ring (bicyclic) bond motifs is 3. The SMILES string of the molecule is CC(C)Cn1cnc2sc3c(c2c1=O)CCC(NCc1nc(-c2ccccc2)cs1)C3. The van der Waals surface area contributed by atoms with Gasteiger partial charge in [0.15, 0.2) is 0 Å². The van der Waals surface area contributed by atoms with Gasteiger partial charge in [-0.1, -0.05) is 44.2 Å². The van der Waals surface area contributed by atoms with Crippen molar-refractivity contribution in [1.82, 2.24) is 19.9 Å². The third-order valence-corrected chi connectivity index (χ3v) is 7.77. The fraction of sp³-hybridized carbons (Fsp3) is 0.375. The van der Waals surface area contributed by atoms with Crippen LogP contribution in [0.2, 0.25) is 0 Å². The van der Waals surface area contributed by atoms with E-state index >= 15 is 0 Å². The van der Waals surface area contributed by atoms with Gasteiger partial charge in [-0.3, -0.25) is 9.36 Å². The molecule has 1 aromatic carbocycles. The summed E-state index contributed by atoms with van der Waals surface area (Å²) in [5.74, 6) is 0.424. The highest BCUT2D eigenvalue weighted by Crippen LogP contribution is 2.34. The molecule has 3 heterocycles. The monoisotopic (exact) mass is 450 g/mol. The molecule has 1 aliphatic carbocycles. The van der Waals surface area contributed by atoms with E-state index in [2.05, 4.69) is 41.7 Å². The second-order valence-corrected chi connectivity index (χ2v) is 10.6. The standard InChI is InChI=1S/C24H26N4OS2/c1-15(2)12-28-14-26-23-22(24(28)29)18-9-8-17(10-20(18)31-23)25-11-21-27-19(13-30-21)16-6-4-3-5-7-16/h3-7,13-15,17,25H,8-12H2,1-2H3. The van der Waals surface area contributed by atoms with Crippen molar-refractivity contribution in [3.63, 3.8) is 0 Å². The van der Waals surface area contributed by atoms with Crippen molar-refractivity contribution >= 4 is 32.9 Å². The van der Waals surface area contributed by atoms with Crippen LogP contribution in [-0.2, 0) is 25.9 Å². The van der Waals surface area contributed by atoms with Crippen LogP contribution >= 0.6 is 22.7 Å². The first kappa shape index (κ1) is 20.5. The zero-order valence-electron chi connectivity index (χ0n) is 17.8. The van der Waals surface area contributed by atoms with Crippen LogP contribution in [0.25, 0.3) is 21.5 Å². The molecular formula is C24H26N4OS2. The summed E-state index contributed by atoms with van der Waals surface area (Å²) < 4.78 is 1.77. The minimum Gasteiger partial charge on any atom is -0.307 e. The number of rotatable bonds is 6. The topological polar surface area (TPSA) is 59.8 Å². The summed E-state index contributed by atoms with van der Waals surface area (Å²) in [6, 6.07) is 10.7. The van der Waals surface area contributed by atoms with Crippen molar-refractivity contribution in [2.24, 2.45) is 5.92 Å². The Bertz CT molecular complexity index is 1260. The quantitative estimate of drug-likeness (QED) is 0.455. The first-order valence-electron chi connectivity index (χ1n) is 10.8. The average Bonchev–Trinajstić information content (AvgIpc) is 3.39. The van der Waals surface area contributed by atoms with Crippen LogP contribution in [0.4, 0.5) is 0 Å². The largest absolute Gasteiger partial charge is 0.307 e. The molecule has 1 atom stereocenters. The van der Waals surface area contributed by atoms with Gasteiger partial charge in [0.05, 0.1) is 17.4 Å². The Morgan fingerprint density at radius 3 is 2.90 bits per heavy atom. The van der Waals surface area contributed by atoms with E-state index < -0.39 is 0 Å². The number of benzene rings is 1. The molecule has 0 amide bonds. The molecule has 0 spiro atoms. The molecule has 160 valence electrons. The van der Waals surface area contributed by atoms with Crippen LogP contribution < -0.4 is 10.9 Å². The Kier molecular flexibility index (Phi) is 5.73. The highest BCUT2D eigenvalue weighted by Gasteiger charge is 2.25. The van der Waals surface area contributed by atoms with Gasteiger partial charge in [0.2, 0.25) is 0 Å². The molecule has 0 saturated carbocycles. The average molecular weight is 451 g/mol. The van der Waals surface area contributed by atoms with Crippen LogP contribution in [0, 0.1) is 5.92 Å². The lowest BCUT2D eigenvalue weighted by Crippen LogP contribution is -2.33. The molecule has 0 bridgehead atoms. The third-order valence-electron chi connectivity index (χ3n) is 5.76. The van der Waals surface area contributed by atoms with Crippen molar-refractivity contribution in [2.45, 2.75) is 52.2 Å². The summed E-state index contributed by atoms with van der Waals surface area (Å²) in [6.45, 7) is 5.75. The molecule has 5 nitrogen and oxygen atoms in total. The van der Waals surface area contributed by atoms with Gasteiger partial charge in [0.1, 0.15) is 9.84 Å². The van der Waals surface area contributed by atoms with Gasteiger partial charge in [-0.05, 0) is 30.7 Å². The Hall–Kier alpha value is -2.35. The van der Waals surface area contributed by atoms with Crippen LogP contribution in [0.3, 0.4) is 0 Å². The third kappa shape index (κ3) is 4.22. The molecule has 5 rings (SSSR count). The molecule has 3 aromatic heterocycles. The Morgan fingerprint density at radius 2 is 2.10 bits per heavy atom. The molecular weight excluding hydrogens is 424 g/mol. The number of thiophene rings is 1. The summed E-state index contributed by atoms with van der Waals surface area (Å²) in [4.78, 5) is 24.6. The Labute approximate surface area is 189 Å². The zero-order valence-corrected chi connectivity index (χ0v) is 19.4. The molecule has 31 heavy (non-hydrogen) atoms. The molecule has 0 fully saturated rings. The van der Waals surface area contributed by atoms with E-state index in [1.807, 2.05) is 18.2 Å². The molecule has 1 unspecified atom stereocenters. The predicted octanol–water partition coefficient (Wildman–Crippen LogP) is 4.88. The van der Waals surface area contributed by atoms with Crippen LogP contribution in [0.15, 0.2) is 46.8 Å². The lowest BCUT2D eigenvalue weighted by atomic mass is 9.93. The van der Waals surface area contributed by atoms with Crippen molar-refractivity contribution in [2.75, 3.05) is 0 Å². The van der Waals surface area contributed by atoms with Gasteiger partial charge in [-0.2, -0.15) is 0 Å². The maximum Gasteiger partial charge on any atom is 0.262 e. The van der Waals surface area contributed by atoms with Crippen LogP contribution in [-0.4, -0.2) is 20.6 Å². The number of aryl methyl sites for hydroxylation is 1. The molecule has 1 aliphatic rings. The van der Waals surface area contributed by atoms with E-state index in [0.29, 0.717) is 12.0 Å². The molecule has 1 N–H and O–H groups in total. The van der Waals surface area contributed by atoms with Gasteiger partial charge in [-0.25, -0.2) is 9.97 Å². The number of hydrogen-bond donors (Lipinski definition) is 1. The van der Waals surface area contributed by atoms with Gasteiger partial charge in [0, 0.05) is 35.0 Å². The molecule has 4 aromatic rings. The number of thiazole rings is 1. The summed E-state index contributed by atoms with van der Waals surface area (Å²) in [5.41, 5.74) is 3.56. The highest BCUT2D eigenvalue weighted by molar-refractivity contribution is 7.18. The number of nitrogens with zero attached hydrogens (tertiary/aromatic N) is 3. The second kappa shape index (κ2) is 8.65. The molecule has 7 heteroatoms. The van der Waals surface area contributed by atoms with E-state index in [9.17, 15) is 4.79 Å². The minimum atomic E-state index is 0.124. The highest BCUT2D eigenvalue weighted by atomic mass is 32.1. The molecule has 0 saturated heterocycles. The van der Waals surface area contributed by atoms with Gasteiger partial charge < -0.3 is 5.32 Å². The molecule has 0 aliphatic heterocycles. The lowest BCUT2D eigenvalue weighted by molar-refractivity contribution is 0.462. The van der Waals surface area contributed by atoms with Crippen molar-refractivity contribution in [3.8, 4) is 11.3 Å². The van der Waals surface area contributed by atoms with E-state index in [-0.39, 0.29) is 5.56 Å². The maximum absolute atomic E-state index is 13.0. The van der Waals surface area contributed by atoms with Crippen molar-refractivity contribution in [1.29, 1.82) is 0 Å². The minimum absolute atomic E-state index is 0.124. The van der Waals surface area contributed by atoms with Crippen molar-refractivity contribution in [3.05, 3.63) is 67.8 Å². The first-order chi connectivity index (χ1) is 15.1. The Morgan fingerprint density at radius 1 is 1.26 bits per heavy atom.